The van der Waals surface area contributed by atoms with Gasteiger partial charge in [0.15, 0.2) is 5.84 Å². The zero-order valence-electron chi connectivity index (χ0n) is 12.2. The molecule has 116 valence electrons. The van der Waals surface area contributed by atoms with Gasteiger partial charge in [-0.25, -0.2) is 4.39 Å². The van der Waals surface area contributed by atoms with Crippen LogP contribution in [0.4, 0.5) is 4.39 Å². The fourth-order valence-electron chi connectivity index (χ4n) is 1.72. The van der Waals surface area contributed by atoms with Crippen molar-refractivity contribution in [2.45, 2.75) is 32.9 Å². The smallest absolute Gasteiger partial charge is 0.236 e. The van der Waals surface area contributed by atoms with Gasteiger partial charge in [0.2, 0.25) is 5.91 Å². The van der Waals surface area contributed by atoms with Crippen LogP contribution in [0.5, 0.6) is 0 Å². The molecule has 1 atom stereocenters. The van der Waals surface area contributed by atoms with E-state index in [4.69, 9.17) is 10.9 Å². The molecule has 0 aliphatic carbocycles. The van der Waals surface area contributed by atoms with Crippen LogP contribution in [0, 0.1) is 5.82 Å². The number of rotatable bonds is 7. The van der Waals surface area contributed by atoms with Crippen molar-refractivity contribution >= 4 is 11.7 Å². The molecule has 5 N–H and O–H groups in total. The number of carbonyl (C=O) groups excluding carboxylic acids is 1. The normalized spacial score (nSPS) is 13.0. The van der Waals surface area contributed by atoms with Gasteiger partial charge in [-0.05, 0) is 37.1 Å². The molecule has 7 heteroatoms. The fourth-order valence-corrected chi connectivity index (χ4v) is 1.72. The molecule has 0 bridgehead atoms. The molecule has 0 aliphatic heterocycles. The second-order valence-corrected chi connectivity index (χ2v) is 4.73. The van der Waals surface area contributed by atoms with Crippen LogP contribution in [0.2, 0.25) is 0 Å². The summed E-state index contributed by atoms with van der Waals surface area (Å²) in [5.41, 5.74) is 6.33. The van der Waals surface area contributed by atoms with E-state index in [9.17, 15) is 9.18 Å². The Labute approximate surface area is 123 Å². The van der Waals surface area contributed by atoms with Crippen molar-refractivity contribution in [1.82, 2.24) is 10.6 Å². The number of carbonyl (C=O) groups is 1. The summed E-state index contributed by atoms with van der Waals surface area (Å²) in [5.74, 6) is -0.756. The van der Waals surface area contributed by atoms with Crippen molar-refractivity contribution in [3.8, 4) is 0 Å². The number of nitrogens with one attached hydrogen (secondary N) is 2. The van der Waals surface area contributed by atoms with Crippen LogP contribution >= 0.6 is 0 Å². The maximum absolute atomic E-state index is 13.5. The summed E-state index contributed by atoms with van der Waals surface area (Å²) in [6.45, 7) is 4.62. The number of hydrogen-bond acceptors (Lipinski definition) is 4. The lowest BCUT2D eigenvalue weighted by Crippen LogP contribution is -2.42. The van der Waals surface area contributed by atoms with Crippen LogP contribution in [-0.4, -0.2) is 29.5 Å². The number of halogens is 1. The highest BCUT2D eigenvalue weighted by molar-refractivity contribution is 5.97. The summed E-state index contributed by atoms with van der Waals surface area (Å²) in [5, 5.41) is 17.2. The average Bonchev–Trinajstić information content (AvgIpc) is 2.48. The lowest BCUT2D eigenvalue weighted by molar-refractivity contribution is -0.122. The van der Waals surface area contributed by atoms with Gasteiger partial charge in [-0.3, -0.25) is 4.79 Å². The number of amides is 1. The Balaban J connectivity index is 2.67. The Kier molecular flexibility index (Phi) is 6.61. The number of amidine groups is 1. The minimum Gasteiger partial charge on any atom is -0.409 e. The van der Waals surface area contributed by atoms with E-state index in [1.165, 1.54) is 12.1 Å². The van der Waals surface area contributed by atoms with Gasteiger partial charge in [0.25, 0.3) is 0 Å². The predicted octanol–water partition coefficient (Wildman–Crippen LogP) is 0.924. The van der Waals surface area contributed by atoms with Gasteiger partial charge in [0, 0.05) is 18.7 Å². The van der Waals surface area contributed by atoms with Crippen LogP contribution in [-0.2, 0) is 11.3 Å². The van der Waals surface area contributed by atoms with Gasteiger partial charge in [-0.15, -0.1) is 0 Å². The van der Waals surface area contributed by atoms with Gasteiger partial charge >= 0.3 is 0 Å². The van der Waals surface area contributed by atoms with Crippen molar-refractivity contribution in [2.24, 2.45) is 10.9 Å². The standard InChI is InChI=1S/C14H21FN4O2/c1-3-4-17-14(20)9(2)18-8-10-5-11(13(16)19-21)7-12(15)6-10/h5-7,9,18,21H,3-4,8H2,1-2H3,(H2,16,19)(H,17,20). The number of nitrogens with zero attached hydrogens (tertiary/aromatic N) is 1. The van der Waals surface area contributed by atoms with Crippen LogP contribution in [0.25, 0.3) is 0 Å². The zero-order valence-corrected chi connectivity index (χ0v) is 12.2. The zero-order chi connectivity index (χ0) is 15.8. The molecule has 1 rings (SSSR count). The summed E-state index contributed by atoms with van der Waals surface area (Å²) in [7, 11) is 0. The molecule has 1 unspecified atom stereocenters. The highest BCUT2D eigenvalue weighted by atomic mass is 19.1. The van der Waals surface area contributed by atoms with Crippen molar-refractivity contribution in [3.63, 3.8) is 0 Å². The molecule has 0 saturated carbocycles. The van der Waals surface area contributed by atoms with E-state index < -0.39 is 11.9 Å². The summed E-state index contributed by atoms with van der Waals surface area (Å²) in [6, 6.07) is 3.71. The van der Waals surface area contributed by atoms with Gasteiger partial charge in [0.05, 0.1) is 6.04 Å². The number of nitrogens with two attached hydrogens (primary N) is 1. The molecule has 0 spiro atoms. The van der Waals surface area contributed by atoms with E-state index in [1.807, 2.05) is 6.92 Å². The molecule has 0 heterocycles. The third-order valence-corrected chi connectivity index (χ3v) is 2.92. The van der Waals surface area contributed by atoms with Gasteiger partial charge in [-0.2, -0.15) is 0 Å². The third-order valence-electron chi connectivity index (χ3n) is 2.92. The molecule has 0 radical (unpaired) electrons. The number of oxime groups is 1. The second-order valence-electron chi connectivity index (χ2n) is 4.73. The maximum Gasteiger partial charge on any atom is 0.236 e. The summed E-state index contributed by atoms with van der Waals surface area (Å²) in [6.07, 6.45) is 0.867. The molecule has 21 heavy (non-hydrogen) atoms. The van der Waals surface area contributed by atoms with Gasteiger partial charge < -0.3 is 21.6 Å². The lowest BCUT2D eigenvalue weighted by atomic mass is 10.1. The topological polar surface area (TPSA) is 99.7 Å². The largest absolute Gasteiger partial charge is 0.409 e. The Morgan fingerprint density at radius 1 is 1.48 bits per heavy atom. The van der Waals surface area contributed by atoms with Crippen LogP contribution < -0.4 is 16.4 Å². The van der Waals surface area contributed by atoms with Crippen molar-refractivity contribution < 1.29 is 14.4 Å². The van der Waals surface area contributed by atoms with Crippen LogP contribution in [0.3, 0.4) is 0 Å². The average molecular weight is 296 g/mol. The minimum atomic E-state index is -0.487. The quantitative estimate of drug-likeness (QED) is 0.260. The molecule has 1 aromatic carbocycles. The first kappa shape index (κ1) is 16.9. The molecule has 0 saturated heterocycles. The van der Waals surface area contributed by atoms with E-state index >= 15 is 0 Å². The fraction of sp³-hybridized carbons (Fsp3) is 0.429. The maximum atomic E-state index is 13.5. The van der Waals surface area contributed by atoms with E-state index in [2.05, 4.69) is 15.8 Å². The lowest BCUT2D eigenvalue weighted by Gasteiger charge is -2.14. The highest BCUT2D eigenvalue weighted by Crippen LogP contribution is 2.09. The Hall–Kier alpha value is -2.15. The minimum absolute atomic E-state index is 0.107. The van der Waals surface area contributed by atoms with Crippen molar-refractivity contribution in [2.75, 3.05) is 6.54 Å². The Bertz CT molecular complexity index is 520. The molecule has 1 aromatic rings. The Morgan fingerprint density at radius 3 is 2.81 bits per heavy atom. The number of hydrogen-bond donors (Lipinski definition) is 4. The summed E-state index contributed by atoms with van der Waals surface area (Å²) in [4.78, 5) is 11.7. The first-order valence-corrected chi connectivity index (χ1v) is 6.76. The van der Waals surface area contributed by atoms with Gasteiger partial charge in [0.1, 0.15) is 5.82 Å². The molecule has 0 aliphatic rings. The first-order valence-electron chi connectivity index (χ1n) is 6.76. The van der Waals surface area contributed by atoms with Crippen molar-refractivity contribution in [3.05, 3.63) is 35.1 Å². The molecular weight excluding hydrogens is 275 g/mol. The van der Waals surface area contributed by atoms with Crippen LogP contribution in [0.15, 0.2) is 23.4 Å². The second kappa shape index (κ2) is 8.21. The Morgan fingerprint density at radius 2 is 2.19 bits per heavy atom. The SMILES string of the molecule is CCCNC(=O)C(C)NCc1cc(F)cc(/C(N)=N/O)c1. The molecule has 1 amide bonds. The summed E-state index contributed by atoms with van der Waals surface area (Å²) >= 11 is 0. The van der Waals surface area contributed by atoms with E-state index in [0.717, 1.165) is 6.42 Å². The number of benzene rings is 1. The molecule has 0 aromatic heterocycles. The third kappa shape index (κ3) is 5.39. The molecule has 0 fully saturated rings. The van der Waals surface area contributed by atoms with E-state index in [0.29, 0.717) is 18.7 Å². The highest BCUT2D eigenvalue weighted by Gasteiger charge is 2.12. The molecule has 6 nitrogen and oxygen atoms in total. The first-order chi connectivity index (χ1) is 9.97. The predicted molar refractivity (Wildman–Crippen MR) is 78.5 cm³/mol. The van der Waals surface area contributed by atoms with Crippen LogP contribution in [0.1, 0.15) is 31.4 Å². The van der Waals surface area contributed by atoms with E-state index in [1.54, 1.807) is 13.0 Å². The van der Waals surface area contributed by atoms with Crippen molar-refractivity contribution in [1.29, 1.82) is 0 Å². The van der Waals surface area contributed by atoms with Gasteiger partial charge in [-0.1, -0.05) is 12.1 Å². The summed E-state index contributed by atoms with van der Waals surface area (Å²) < 4.78 is 13.5. The monoisotopic (exact) mass is 296 g/mol. The molecular formula is C14H21FN4O2. The van der Waals surface area contributed by atoms with E-state index in [-0.39, 0.29) is 17.3 Å².